The van der Waals surface area contributed by atoms with Crippen LogP contribution >= 0.6 is 11.3 Å². The molecule has 3 nitrogen and oxygen atoms in total. The lowest BCUT2D eigenvalue weighted by Gasteiger charge is -2.07. The minimum atomic E-state index is -4.45. The highest BCUT2D eigenvalue weighted by atomic mass is 32.1. The molecule has 0 spiro atoms. The van der Waals surface area contributed by atoms with Crippen molar-refractivity contribution in [1.29, 1.82) is 0 Å². The number of aromatic nitrogens is 1. The van der Waals surface area contributed by atoms with Gasteiger partial charge in [0.1, 0.15) is 5.01 Å². The Morgan fingerprint density at radius 1 is 1.16 bits per heavy atom. The van der Waals surface area contributed by atoms with Crippen molar-refractivity contribution in [1.82, 2.24) is 4.98 Å². The highest BCUT2D eigenvalue weighted by Gasteiger charge is 2.30. The van der Waals surface area contributed by atoms with Gasteiger partial charge in [0.15, 0.2) is 0 Å². The van der Waals surface area contributed by atoms with E-state index in [-0.39, 0.29) is 12.0 Å². The van der Waals surface area contributed by atoms with Crippen LogP contribution in [0.1, 0.15) is 22.6 Å². The number of hydrogen-bond donors (Lipinski definition) is 1. The first-order valence-electron chi connectivity index (χ1n) is 7.28. The van der Waals surface area contributed by atoms with E-state index < -0.39 is 17.7 Å². The van der Waals surface area contributed by atoms with Gasteiger partial charge < -0.3 is 5.11 Å². The van der Waals surface area contributed by atoms with Crippen molar-refractivity contribution in [3.63, 3.8) is 0 Å². The summed E-state index contributed by atoms with van der Waals surface area (Å²) in [6.07, 6.45) is -3.33. The number of carboxylic acid groups (broad SMARTS) is 1. The van der Waals surface area contributed by atoms with Crippen LogP contribution in [-0.4, -0.2) is 16.1 Å². The van der Waals surface area contributed by atoms with Gasteiger partial charge in [0.2, 0.25) is 0 Å². The quantitative estimate of drug-likeness (QED) is 0.682. The van der Waals surface area contributed by atoms with Crippen molar-refractivity contribution in [3.05, 3.63) is 64.7 Å². The molecule has 0 aliphatic rings. The maximum atomic E-state index is 12.9. The number of halogens is 3. The standard InChI is InChI=1S/C18H12F3NO2S/c19-18(20,21)13-5-3-4-11(9-13)8-12(10-16(23)24)17-22-14-6-1-2-7-15(14)25-17/h1-9H,10H2,(H,23,24)/b12-8+. The first kappa shape index (κ1) is 17.2. The van der Waals surface area contributed by atoms with E-state index in [0.29, 0.717) is 10.6 Å². The van der Waals surface area contributed by atoms with Gasteiger partial charge in [-0.3, -0.25) is 4.79 Å². The fourth-order valence-corrected chi connectivity index (χ4v) is 3.35. The van der Waals surface area contributed by atoms with Crippen LogP contribution in [0.4, 0.5) is 13.2 Å². The lowest BCUT2D eigenvalue weighted by atomic mass is 10.1. The SMILES string of the molecule is O=C(O)C/C(=C\c1cccc(C(F)(F)F)c1)c1nc2ccccc2s1. The van der Waals surface area contributed by atoms with E-state index in [2.05, 4.69) is 4.98 Å². The molecule has 25 heavy (non-hydrogen) atoms. The van der Waals surface area contributed by atoms with Gasteiger partial charge in [-0.2, -0.15) is 13.2 Å². The normalized spacial score (nSPS) is 12.5. The van der Waals surface area contributed by atoms with E-state index in [0.717, 1.165) is 22.3 Å². The number of para-hydroxylation sites is 1. The zero-order valence-corrected chi connectivity index (χ0v) is 13.6. The maximum Gasteiger partial charge on any atom is 0.416 e. The van der Waals surface area contributed by atoms with Gasteiger partial charge in [-0.25, -0.2) is 4.98 Å². The van der Waals surface area contributed by atoms with Crippen molar-refractivity contribution >= 4 is 39.2 Å². The average Bonchev–Trinajstić information content (AvgIpc) is 2.97. The lowest BCUT2D eigenvalue weighted by Crippen LogP contribution is -2.04. The van der Waals surface area contributed by atoms with Crippen LogP contribution in [0.25, 0.3) is 21.9 Å². The monoisotopic (exact) mass is 363 g/mol. The average molecular weight is 363 g/mol. The Morgan fingerprint density at radius 2 is 1.92 bits per heavy atom. The molecule has 0 saturated heterocycles. The zero-order chi connectivity index (χ0) is 18.0. The molecule has 0 unspecified atom stereocenters. The van der Waals surface area contributed by atoms with Crippen molar-refractivity contribution in [3.8, 4) is 0 Å². The van der Waals surface area contributed by atoms with Crippen LogP contribution in [0.15, 0.2) is 48.5 Å². The summed E-state index contributed by atoms with van der Waals surface area (Å²) in [6, 6.07) is 12.1. The molecule has 0 atom stereocenters. The van der Waals surface area contributed by atoms with Gasteiger partial charge in [0.25, 0.3) is 0 Å². The molecule has 3 aromatic rings. The topological polar surface area (TPSA) is 50.2 Å². The first-order valence-corrected chi connectivity index (χ1v) is 8.10. The fraction of sp³-hybridized carbons (Fsp3) is 0.111. The summed E-state index contributed by atoms with van der Waals surface area (Å²) >= 11 is 1.31. The molecule has 2 aromatic carbocycles. The number of alkyl halides is 3. The van der Waals surface area contributed by atoms with Crippen molar-refractivity contribution in [2.45, 2.75) is 12.6 Å². The van der Waals surface area contributed by atoms with Crippen LogP contribution in [0, 0.1) is 0 Å². The van der Waals surface area contributed by atoms with Crippen molar-refractivity contribution < 1.29 is 23.1 Å². The molecule has 1 N–H and O–H groups in total. The molecule has 0 aliphatic carbocycles. The molecule has 1 aromatic heterocycles. The molecule has 0 aliphatic heterocycles. The summed E-state index contributed by atoms with van der Waals surface area (Å²) in [5, 5.41) is 9.63. The van der Waals surface area contributed by atoms with E-state index in [9.17, 15) is 18.0 Å². The molecule has 0 saturated carbocycles. The number of hydrogen-bond acceptors (Lipinski definition) is 3. The number of benzene rings is 2. The summed E-state index contributed by atoms with van der Waals surface area (Å²) in [7, 11) is 0. The number of nitrogens with zero attached hydrogens (tertiary/aromatic N) is 1. The minimum absolute atomic E-state index is 0.283. The van der Waals surface area contributed by atoms with Gasteiger partial charge in [-0.1, -0.05) is 24.3 Å². The predicted molar refractivity (Wildman–Crippen MR) is 91.2 cm³/mol. The molecule has 3 rings (SSSR count). The molecular weight excluding hydrogens is 351 g/mol. The first-order chi connectivity index (χ1) is 11.8. The van der Waals surface area contributed by atoms with E-state index in [1.807, 2.05) is 18.2 Å². The summed E-state index contributed by atoms with van der Waals surface area (Å²) in [4.78, 5) is 15.6. The smallest absolute Gasteiger partial charge is 0.416 e. The molecule has 0 radical (unpaired) electrons. The number of rotatable bonds is 4. The number of carboxylic acids is 1. The fourth-order valence-electron chi connectivity index (χ4n) is 2.37. The van der Waals surface area contributed by atoms with E-state index in [1.165, 1.54) is 29.5 Å². The molecule has 1 heterocycles. The second-order valence-electron chi connectivity index (χ2n) is 5.35. The highest BCUT2D eigenvalue weighted by Crippen LogP contribution is 2.32. The molecule has 128 valence electrons. The Balaban J connectivity index is 2.06. The van der Waals surface area contributed by atoms with E-state index >= 15 is 0 Å². The van der Waals surface area contributed by atoms with E-state index in [4.69, 9.17) is 5.11 Å². The third-order valence-electron chi connectivity index (χ3n) is 3.47. The highest BCUT2D eigenvalue weighted by molar-refractivity contribution is 7.19. The summed E-state index contributed by atoms with van der Waals surface area (Å²) in [5.41, 5.74) is 0.599. The summed E-state index contributed by atoms with van der Waals surface area (Å²) in [6.45, 7) is 0. The number of aliphatic carboxylic acids is 1. The van der Waals surface area contributed by atoms with Crippen LogP contribution in [0.5, 0.6) is 0 Å². The van der Waals surface area contributed by atoms with Crippen LogP contribution in [-0.2, 0) is 11.0 Å². The van der Waals surface area contributed by atoms with Gasteiger partial charge in [0, 0.05) is 0 Å². The Hall–Kier alpha value is -2.67. The van der Waals surface area contributed by atoms with Crippen LogP contribution in [0.3, 0.4) is 0 Å². The Morgan fingerprint density at radius 3 is 2.60 bits per heavy atom. The largest absolute Gasteiger partial charge is 0.481 e. The zero-order valence-electron chi connectivity index (χ0n) is 12.7. The Bertz CT molecular complexity index is 927. The third-order valence-corrected chi connectivity index (χ3v) is 4.58. The van der Waals surface area contributed by atoms with Gasteiger partial charge in [-0.05, 0) is 41.5 Å². The molecule has 0 fully saturated rings. The predicted octanol–water partition coefficient (Wildman–Crippen LogP) is 5.33. The summed E-state index contributed by atoms with van der Waals surface area (Å²) in [5.74, 6) is -1.07. The molecule has 7 heteroatoms. The minimum Gasteiger partial charge on any atom is -0.481 e. The van der Waals surface area contributed by atoms with Gasteiger partial charge >= 0.3 is 12.1 Å². The molecule has 0 amide bonds. The number of carbonyl (C=O) groups is 1. The lowest BCUT2D eigenvalue weighted by molar-refractivity contribution is -0.138. The van der Waals surface area contributed by atoms with Crippen LogP contribution < -0.4 is 0 Å². The summed E-state index contributed by atoms with van der Waals surface area (Å²) < 4.78 is 39.4. The van der Waals surface area contributed by atoms with Gasteiger partial charge in [0.05, 0.1) is 22.2 Å². The molecular formula is C18H12F3NO2S. The second kappa shape index (κ2) is 6.68. The van der Waals surface area contributed by atoms with E-state index in [1.54, 1.807) is 6.07 Å². The second-order valence-corrected chi connectivity index (χ2v) is 6.38. The third kappa shape index (κ3) is 4.06. The van der Waals surface area contributed by atoms with Gasteiger partial charge in [-0.15, -0.1) is 11.3 Å². The van der Waals surface area contributed by atoms with Crippen molar-refractivity contribution in [2.75, 3.05) is 0 Å². The maximum absolute atomic E-state index is 12.9. The Kier molecular flexibility index (Phi) is 4.59. The molecule has 0 bridgehead atoms. The number of fused-ring (bicyclic) bond motifs is 1. The van der Waals surface area contributed by atoms with Crippen molar-refractivity contribution in [2.24, 2.45) is 0 Å². The Labute approximate surface area is 145 Å². The number of thiazole rings is 1. The van der Waals surface area contributed by atoms with Crippen LogP contribution in [0.2, 0.25) is 0 Å².